The van der Waals surface area contributed by atoms with Gasteiger partial charge in [0.05, 0.1) is 5.92 Å². The quantitative estimate of drug-likeness (QED) is 0.751. The Morgan fingerprint density at radius 1 is 0.833 bits per heavy atom. The molecule has 0 spiro atoms. The molecule has 30 heavy (non-hydrogen) atoms. The highest BCUT2D eigenvalue weighted by molar-refractivity contribution is 5.96. The van der Waals surface area contributed by atoms with Crippen molar-refractivity contribution in [3.8, 4) is 11.5 Å². The van der Waals surface area contributed by atoms with Crippen molar-refractivity contribution in [2.45, 2.75) is 76.3 Å². The third-order valence-corrected chi connectivity index (χ3v) is 7.33. The lowest BCUT2D eigenvalue weighted by atomic mass is 9.86. The Balaban J connectivity index is 1.24. The van der Waals surface area contributed by atoms with Gasteiger partial charge in [-0.2, -0.15) is 0 Å². The smallest absolute Gasteiger partial charge is 0.254 e. The molecular weight excluding hydrogens is 380 g/mol. The molecule has 2 amide bonds. The number of amides is 2. The van der Waals surface area contributed by atoms with Gasteiger partial charge in [-0.05, 0) is 43.9 Å². The largest absolute Gasteiger partial charge is 0.454 e. The Labute approximate surface area is 178 Å². The molecule has 0 radical (unpaired) electrons. The normalized spacial score (nSPS) is 22.6. The molecular formula is C24H32N2O4. The number of hydrogen-bond donors (Lipinski definition) is 0. The van der Waals surface area contributed by atoms with E-state index in [1.54, 1.807) is 23.1 Å². The number of nitrogens with zero attached hydrogens (tertiary/aromatic N) is 2. The molecule has 2 aliphatic heterocycles. The summed E-state index contributed by atoms with van der Waals surface area (Å²) in [5, 5.41) is 0. The highest BCUT2D eigenvalue weighted by Crippen LogP contribution is 2.35. The summed E-state index contributed by atoms with van der Waals surface area (Å²) in [6.45, 7) is 1.26. The SMILES string of the molecule is O=C(c1ccc2c(c1)OCO2)N1CC(C(=O)N(C2CCCCC2)C2CCCCC2)C1. The van der Waals surface area contributed by atoms with E-state index in [4.69, 9.17) is 9.47 Å². The molecule has 2 saturated carbocycles. The van der Waals surface area contributed by atoms with Gasteiger partial charge in [0.25, 0.3) is 5.91 Å². The summed E-state index contributed by atoms with van der Waals surface area (Å²) in [4.78, 5) is 30.5. The monoisotopic (exact) mass is 412 g/mol. The van der Waals surface area contributed by atoms with Gasteiger partial charge in [0.2, 0.25) is 12.7 Å². The van der Waals surface area contributed by atoms with E-state index in [-0.39, 0.29) is 18.6 Å². The summed E-state index contributed by atoms with van der Waals surface area (Å²) in [6.07, 6.45) is 12.1. The molecule has 0 N–H and O–H groups in total. The molecule has 6 nitrogen and oxygen atoms in total. The van der Waals surface area contributed by atoms with Crippen LogP contribution in [-0.2, 0) is 4.79 Å². The minimum absolute atomic E-state index is 0.0285. The van der Waals surface area contributed by atoms with Gasteiger partial charge in [-0.3, -0.25) is 9.59 Å². The first kappa shape index (κ1) is 19.7. The number of hydrogen-bond acceptors (Lipinski definition) is 4. The first-order chi connectivity index (χ1) is 14.7. The molecule has 2 aliphatic carbocycles. The second-order valence-corrected chi connectivity index (χ2v) is 9.30. The fraction of sp³-hybridized carbons (Fsp3) is 0.667. The van der Waals surface area contributed by atoms with Crippen LogP contribution in [0.5, 0.6) is 11.5 Å². The van der Waals surface area contributed by atoms with Crippen LogP contribution in [0.3, 0.4) is 0 Å². The van der Waals surface area contributed by atoms with Gasteiger partial charge in [0.1, 0.15) is 0 Å². The van der Waals surface area contributed by atoms with Gasteiger partial charge in [0.15, 0.2) is 11.5 Å². The minimum atomic E-state index is -0.0492. The summed E-state index contributed by atoms with van der Waals surface area (Å²) in [5.74, 6) is 1.52. The topological polar surface area (TPSA) is 59.1 Å². The zero-order valence-corrected chi connectivity index (χ0v) is 17.7. The standard InChI is InChI=1S/C24H32N2O4/c27-23(17-11-12-21-22(13-17)30-16-29-21)25-14-18(15-25)24(28)26(19-7-3-1-4-8-19)20-9-5-2-6-10-20/h11-13,18-20H,1-10,14-16H2. The van der Waals surface area contributed by atoms with E-state index in [0.29, 0.717) is 48.1 Å². The lowest BCUT2D eigenvalue weighted by Crippen LogP contribution is -2.60. The molecule has 1 aromatic rings. The van der Waals surface area contributed by atoms with Crippen molar-refractivity contribution in [3.63, 3.8) is 0 Å². The van der Waals surface area contributed by atoms with E-state index in [1.165, 1.54) is 38.5 Å². The molecule has 4 aliphatic rings. The van der Waals surface area contributed by atoms with E-state index >= 15 is 0 Å². The molecule has 0 atom stereocenters. The van der Waals surface area contributed by atoms with E-state index in [9.17, 15) is 9.59 Å². The maximum atomic E-state index is 13.5. The number of ether oxygens (including phenoxy) is 2. The number of rotatable bonds is 4. The van der Waals surface area contributed by atoms with Gasteiger partial charge in [-0.1, -0.05) is 38.5 Å². The van der Waals surface area contributed by atoms with Crippen molar-refractivity contribution in [1.29, 1.82) is 0 Å². The average molecular weight is 413 g/mol. The minimum Gasteiger partial charge on any atom is -0.454 e. The molecule has 5 rings (SSSR count). The lowest BCUT2D eigenvalue weighted by Gasteiger charge is -2.47. The number of carbonyl (C=O) groups excluding carboxylic acids is 2. The number of fused-ring (bicyclic) bond motifs is 1. The predicted octanol–water partition coefficient (Wildman–Crippen LogP) is 3.98. The molecule has 2 heterocycles. The van der Waals surface area contributed by atoms with Gasteiger partial charge >= 0.3 is 0 Å². The molecule has 1 saturated heterocycles. The Morgan fingerprint density at radius 3 is 2.07 bits per heavy atom. The summed E-state index contributed by atoms with van der Waals surface area (Å²) in [5.41, 5.74) is 0.599. The highest BCUT2D eigenvalue weighted by atomic mass is 16.7. The van der Waals surface area contributed by atoms with E-state index in [0.717, 1.165) is 25.7 Å². The van der Waals surface area contributed by atoms with Crippen LogP contribution in [0.4, 0.5) is 0 Å². The number of benzene rings is 1. The molecule has 6 heteroatoms. The third-order valence-electron chi connectivity index (χ3n) is 7.33. The average Bonchev–Trinajstić information content (AvgIpc) is 3.22. The Kier molecular flexibility index (Phi) is 5.57. The van der Waals surface area contributed by atoms with Crippen molar-refractivity contribution in [1.82, 2.24) is 9.80 Å². The molecule has 3 fully saturated rings. The summed E-state index contributed by atoms with van der Waals surface area (Å²) < 4.78 is 10.7. The number of carbonyl (C=O) groups is 2. The number of likely N-dealkylation sites (tertiary alicyclic amines) is 1. The van der Waals surface area contributed by atoms with Crippen LogP contribution >= 0.6 is 0 Å². The Bertz CT molecular complexity index is 774. The Hall–Kier alpha value is -2.24. The van der Waals surface area contributed by atoms with Crippen LogP contribution in [-0.4, -0.2) is 53.6 Å². The first-order valence-corrected chi connectivity index (χ1v) is 11.7. The first-order valence-electron chi connectivity index (χ1n) is 11.7. The fourth-order valence-electron chi connectivity index (χ4n) is 5.60. The zero-order chi connectivity index (χ0) is 20.5. The van der Waals surface area contributed by atoms with Crippen molar-refractivity contribution >= 4 is 11.8 Å². The molecule has 162 valence electrons. The van der Waals surface area contributed by atoms with Crippen molar-refractivity contribution in [2.75, 3.05) is 19.9 Å². The second kappa shape index (κ2) is 8.48. The Morgan fingerprint density at radius 2 is 1.43 bits per heavy atom. The predicted molar refractivity (Wildman–Crippen MR) is 113 cm³/mol. The van der Waals surface area contributed by atoms with E-state index in [2.05, 4.69) is 4.90 Å². The molecule has 0 bridgehead atoms. The van der Waals surface area contributed by atoms with E-state index in [1.807, 2.05) is 0 Å². The maximum Gasteiger partial charge on any atom is 0.254 e. The van der Waals surface area contributed by atoms with Crippen LogP contribution in [0, 0.1) is 5.92 Å². The van der Waals surface area contributed by atoms with Crippen LogP contribution in [0.1, 0.15) is 74.6 Å². The van der Waals surface area contributed by atoms with E-state index < -0.39 is 0 Å². The van der Waals surface area contributed by atoms with Gasteiger partial charge in [0, 0.05) is 30.7 Å². The maximum absolute atomic E-state index is 13.5. The van der Waals surface area contributed by atoms with Gasteiger partial charge < -0.3 is 19.3 Å². The third kappa shape index (κ3) is 3.77. The highest BCUT2D eigenvalue weighted by Gasteiger charge is 2.42. The summed E-state index contributed by atoms with van der Waals surface area (Å²) in [6, 6.07) is 6.13. The van der Waals surface area contributed by atoms with Gasteiger partial charge in [-0.25, -0.2) is 0 Å². The summed E-state index contributed by atoms with van der Waals surface area (Å²) in [7, 11) is 0. The van der Waals surface area contributed by atoms with Crippen LogP contribution in [0.25, 0.3) is 0 Å². The van der Waals surface area contributed by atoms with Crippen molar-refractivity contribution in [2.24, 2.45) is 5.92 Å². The summed E-state index contributed by atoms with van der Waals surface area (Å²) >= 11 is 0. The lowest BCUT2D eigenvalue weighted by molar-refractivity contribution is -0.146. The van der Waals surface area contributed by atoms with Crippen molar-refractivity contribution in [3.05, 3.63) is 23.8 Å². The van der Waals surface area contributed by atoms with Crippen molar-refractivity contribution < 1.29 is 19.1 Å². The molecule has 0 unspecified atom stereocenters. The zero-order valence-electron chi connectivity index (χ0n) is 17.7. The molecule has 1 aromatic carbocycles. The fourth-order valence-corrected chi connectivity index (χ4v) is 5.60. The van der Waals surface area contributed by atoms with Crippen LogP contribution in [0.15, 0.2) is 18.2 Å². The van der Waals surface area contributed by atoms with Crippen LogP contribution < -0.4 is 9.47 Å². The van der Waals surface area contributed by atoms with Crippen LogP contribution in [0.2, 0.25) is 0 Å². The molecule has 0 aromatic heterocycles. The second-order valence-electron chi connectivity index (χ2n) is 9.30. The van der Waals surface area contributed by atoms with Gasteiger partial charge in [-0.15, -0.1) is 0 Å².